The molecule has 0 unspecified atom stereocenters. The van der Waals surface area contributed by atoms with Crippen molar-refractivity contribution in [3.8, 4) is 34.0 Å². The smallest absolute Gasteiger partial charge is 0.244 e. The number of anilines is 1. The first-order valence-electron chi connectivity index (χ1n) is 10.4. The van der Waals surface area contributed by atoms with Gasteiger partial charge in [0.25, 0.3) is 0 Å². The van der Waals surface area contributed by atoms with E-state index in [1.165, 1.54) is 0 Å². The number of fused-ring (bicyclic) bond motifs is 1. The Labute approximate surface area is 190 Å². The Balaban J connectivity index is 1.54. The lowest BCUT2D eigenvalue weighted by atomic mass is 10.0. The summed E-state index contributed by atoms with van der Waals surface area (Å²) in [5.74, 6) is 0.532. The average Bonchev–Trinajstić information content (AvgIpc) is 2.86. The van der Waals surface area contributed by atoms with E-state index in [4.69, 9.17) is 0 Å². The molecule has 1 heterocycles. The van der Waals surface area contributed by atoms with Crippen LogP contribution in [-0.4, -0.2) is 26.4 Å². The number of aromatic hydroxyl groups is 2. The summed E-state index contributed by atoms with van der Waals surface area (Å²) in [4.78, 5) is 9.14. The predicted molar refractivity (Wildman–Crippen MR) is 131 cm³/mol. The van der Waals surface area contributed by atoms with Gasteiger partial charge in [0.15, 0.2) is 0 Å². The zero-order chi connectivity index (χ0) is 22.6. The van der Waals surface area contributed by atoms with Crippen LogP contribution in [0.25, 0.3) is 33.3 Å². The molecule has 33 heavy (non-hydrogen) atoms. The molecule has 5 rings (SSSR count). The third-order valence-electron chi connectivity index (χ3n) is 5.28. The highest BCUT2D eigenvalue weighted by Gasteiger charge is 2.11. The summed E-state index contributed by atoms with van der Waals surface area (Å²) in [7, 11) is 0. The van der Waals surface area contributed by atoms with Crippen molar-refractivity contribution >= 4 is 22.9 Å². The number of para-hydroxylation sites is 1. The molecule has 0 bridgehead atoms. The van der Waals surface area contributed by atoms with E-state index in [1.54, 1.807) is 30.5 Å². The topological polar surface area (TPSA) is 90.6 Å². The van der Waals surface area contributed by atoms with E-state index in [1.807, 2.05) is 72.8 Å². The third-order valence-corrected chi connectivity index (χ3v) is 5.28. The zero-order valence-corrected chi connectivity index (χ0v) is 17.6. The van der Waals surface area contributed by atoms with Crippen molar-refractivity contribution in [3.05, 3.63) is 103 Å². The largest absolute Gasteiger partial charge is 0.507 e. The van der Waals surface area contributed by atoms with Crippen LogP contribution in [0.5, 0.6) is 11.5 Å². The predicted octanol–water partition coefficient (Wildman–Crippen LogP) is 5.82. The molecule has 160 valence electrons. The average molecular weight is 432 g/mol. The van der Waals surface area contributed by atoms with Crippen molar-refractivity contribution in [2.24, 2.45) is 5.10 Å². The van der Waals surface area contributed by atoms with Gasteiger partial charge in [0.05, 0.1) is 17.6 Å². The number of hydrogen-bond acceptors (Lipinski definition) is 6. The lowest BCUT2D eigenvalue weighted by Gasteiger charge is -2.09. The van der Waals surface area contributed by atoms with E-state index in [-0.39, 0.29) is 17.4 Å². The molecule has 0 fully saturated rings. The van der Waals surface area contributed by atoms with E-state index < -0.39 is 0 Å². The first kappa shape index (κ1) is 20.2. The molecule has 6 nitrogen and oxygen atoms in total. The second-order valence-corrected chi connectivity index (χ2v) is 7.43. The SMILES string of the molecule is Oc1ccccc1-c1cc(-c2ccccc2)nc(NN=Cc2c(O)ccc3ccccc23)n1. The molecule has 0 atom stereocenters. The maximum absolute atomic E-state index is 10.3. The fraction of sp³-hybridized carbons (Fsp3) is 0. The second kappa shape index (κ2) is 8.80. The number of hydrogen-bond donors (Lipinski definition) is 3. The molecule has 0 aliphatic heterocycles. The Morgan fingerprint density at radius 1 is 0.697 bits per heavy atom. The van der Waals surface area contributed by atoms with Crippen molar-refractivity contribution in [1.29, 1.82) is 0 Å². The van der Waals surface area contributed by atoms with E-state index in [0.717, 1.165) is 16.3 Å². The van der Waals surface area contributed by atoms with Crippen LogP contribution in [0.2, 0.25) is 0 Å². The van der Waals surface area contributed by atoms with Gasteiger partial charge in [-0.1, -0.05) is 72.8 Å². The summed E-state index contributed by atoms with van der Waals surface area (Å²) in [6, 6.07) is 29.8. The quantitative estimate of drug-likeness (QED) is 0.240. The van der Waals surface area contributed by atoms with Gasteiger partial charge in [0.1, 0.15) is 11.5 Å². The van der Waals surface area contributed by atoms with Crippen molar-refractivity contribution in [2.45, 2.75) is 0 Å². The highest BCUT2D eigenvalue weighted by Crippen LogP contribution is 2.31. The van der Waals surface area contributed by atoms with E-state index >= 15 is 0 Å². The summed E-state index contributed by atoms with van der Waals surface area (Å²) >= 11 is 0. The molecule has 0 spiro atoms. The van der Waals surface area contributed by atoms with E-state index in [9.17, 15) is 10.2 Å². The summed E-state index contributed by atoms with van der Waals surface area (Å²) in [5, 5.41) is 26.9. The molecule has 0 amide bonds. The fourth-order valence-corrected chi connectivity index (χ4v) is 3.66. The van der Waals surface area contributed by atoms with Gasteiger partial charge in [-0.2, -0.15) is 5.10 Å². The standard InChI is InChI=1S/C27H20N4O2/c32-25-13-7-6-12-21(25)24-16-23(19-9-2-1-3-10-19)29-27(30-24)31-28-17-22-20-11-5-4-8-18(20)14-15-26(22)33/h1-17,32-33H,(H,29,30,31). The Morgan fingerprint density at radius 2 is 1.42 bits per heavy atom. The number of rotatable bonds is 5. The van der Waals surface area contributed by atoms with Crippen molar-refractivity contribution in [3.63, 3.8) is 0 Å². The van der Waals surface area contributed by atoms with Crippen molar-refractivity contribution < 1.29 is 10.2 Å². The number of benzene rings is 4. The number of nitrogens with one attached hydrogen (secondary N) is 1. The summed E-state index contributed by atoms with van der Waals surface area (Å²) < 4.78 is 0. The van der Waals surface area contributed by atoms with Crippen molar-refractivity contribution in [2.75, 3.05) is 5.43 Å². The maximum atomic E-state index is 10.3. The monoisotopic (exact) mass is 432 g/mol. The minimum absolute atomic E-state index is 0.130. The summed E-state index contributed by atoms with van der Waals surface area (Å²) in [6.45, 7) is 0. The van der Waals surface area contributed by atoms with E-state index in [0.29, 0.717) is 22.5 Å². The molecule has 5 aromatic rings. The number of phenols is 2. The lowest BCUT2D eigenvalue weighted by Crippen LogP contribution is -2.00. The van der Waals surface area contributed by atoms with Gasteiger partial charge in [0.2, 0.25) is 5.95 Å². The molecule has 6 heteroatoms. The van der Waals surface area contributed by atoms with Gasteiger partial charge < -0.3 is 10.2 Å². The normalized spacial score (nSPS) is 11.2. The van der Waals surface area contributed by atoms with Gasteiger partial charge in [-0.25, -0.2) is 15.4 Å². The molecule has 0 aliphatic carbocycles. The third kappa shape index (κ3) is 4.22. The number of aromatic nitrogens is 2. The molecule has 0 saturated carbocycles. The summed E-state index contributed by atoms with van der Waals surface area (Å²) in [6.07, 6.45) is 1.55. The first-order valence-corrected chi connectivity index (χ1v) is 10.4. The highest BCUT2D eigenvalue weighted by molar-refractivity contribution is 6.02. The second-order valence-electron chi connectivity index (χ2n) is 7.43. The molecule has 0 aliphatic rings. The highest BCUT2D eigenvalue weighted by atomic mass is 16.3. The van der Waals surface area contributed by atoms with Crippen LogP contribution in [0, 0.1) is 0 Å². The molecule has 1 aromatic heterocycles. The number of phenolic OH excluding ortho intramolecular Hbond substituents is 2. The van der Waals surface area contributed by atoms with Gasteiger partial charge in [-0.3, -0.25) is 0 Å². The number of hydrazone groups is 1. The molecule has 0 radical (unpaired) electrons. The van der Waals surface area contributed by atoms with Gasteiger partial charge in [-0.15, -0.1) is 0 Å². The molecule has 4 aromatic carbocycles. The maximum Gasteiger partial charge on any atom is 0.244 e. The zero-order valence-electron chi connectivity index (χ0n) is 17.6. The summed E-state index contributed by atoms with van der Waals surface area (Å²) in [5.41, 5.74) is 6.23. The van der Waals surface area contributed by atoms with Crippen LogP contribution in [0.3, 0.4) is 0 Å². The van der Waals surface area contributed by atoms with Gasteiger partial charge >= 0.3 is 0 Å². The van der Waals surface area contributed by atoms with Gasteiger partial charge in [-0.05, 0) is 35.0 Å². The molecular weight excluding hydrogens is 412 g/mol. The van der Waals surface area contributed by atoms with Gasteiger partial charge in [0, 0.05) is 16.7 Å². The van der Waals surface area contributed by atoms with Crippen LogP contribution in [-0.2, 0) is 0 Å². The minimum Gasteiger partial charge on any atom is -0.507 e. The Kier molecular flexibility index (Phi) is 5.39. The van der Waals surface area contributed by atoms with Crippen LogP contribution in [0.15, 0.2) is 102 Å². The molecule has 0 saturated heterocycles. The van der Waals surface area contributed by atoms with E-state index in [2.05, 4.69) is 20.5 Å². The Morgan fingerprint density at radius 3 is 2.27 bits per heavy atom. The minimum atomic E-state index is 0.130. The fourth-order valence-electron chi connectivity index (χ4n) is 3.66. The van der Waals surface area contributed by atoms with Crippen LogP contribution >= 0.6 is 0 Å². The first-order chi connectivity index (χ1) is 16.2. The van der Waals surface area contributed by atoms with Crippen LogP contribution < -0.4 is 5.43 Å². The lowest BCUT2D eigenvalue weighted by molar-refractivity contribution is 0.475. The Hall–Kier alpha value is -4.71. The Bertz CT molecular complexity index is 1470. The van der Waals surface area contributed by atoms with Crippen molar-refractivity contribution in [1.82, 2.24) is 9.97 Å². The molecule has 3 N–H and O–H groups in total. The van der Waals surface area contributed by atoms with Crippen LogP contribution in [0.4, 0.5) is 5.95 Å². The van der Waals surface area contributed by atoms with Crippen LogP contribution in [0.1, 0.15) is 5.56 Å². The number of nitrogens with zero attached hydrogens (tertiary/aromatic N) is 3. The molecular formula is C27H20N4O2.